The van der Waals surface area contributed by atoms with E-state index in [1.165, 1.54) is 0 Å². The molecule has 0 aliphatic carbocycles. The highest BCUT2D eigenvalue weighted by atomic mass is 35.5. The topological polar surface area (TPSA) is 33.1 Å². The molecule has 0 aliphatic rings. The lowest BCUT2D eigenvalue weighted by molar-refractivity contribution is 0.469. The van der Waals surface area contributed by atoms with E-state index in [1.54, 1.807) is 30.6 Å². The number of halogens is 1. The fraction of sp³-hybridized carbons (Fsp3) is 0.0833. The van der Waals surface area contributed by atoms with Crippen LogP contribution in [0.1, 0.15) is 11.1 Å². The average Bonchev–Trinajstić information content (AvgIpc) is 2.24. The lowest BCUT2D eigenvalue weighted by Crippen LogP contribution is -1.90. The molecule has 1 N–H and O–H groups in total. The van der Waals surface area contributed by atoms with Crippen LogP contribution >= 0.6 is 11.6 Å². The van der Waals surface area contributed by atoms with E-state index in [4.69, 9.17) is 11.6 Å². The van der Waals surface area contributed by atoms with Gasteiger partial charge < -0.3 is 5.11 Å². The van der Waals surface area contributed by atoms with E-state index in [0.29, 0.717) is 11.4 Å². The van der Waals surface area contributed by atoms with Crippen molar-refractivity contribution in [3.05, 3.63) is 58.9 Å². The molecule has 0 fully saturated rings. The smallest absolute Gasteiger partial charge is 0.119 e. The van der Waals surface area contributed by atoms with Crippen LogP contribution in [0.3, 0.4) is 0 Å². The number of phenols is 1. The summed E-state index contributed by atoms with van der Waals surface area (Å²) in [6.45, 7) is 0. The maximum atomic E-state index is 9.60. The Kier molecular flexibility index (Phi) is 2.88. The molecule has 0 atom stereocenters. The van der Waals surface area contributed by atoms with Crippen LogP contribution in [0.15, 0.2) is 42.7 Å². The van der Waals surface area contributed by atoms with Gasteiger partial charge in [0.15, 0.2) is 0 Å². The molecule has 0 saturated carbocycles. The number of benzene rings is 1. The first-order valence-electron chi connectivity index (χ1n) is 4.62. The second kappa shape index (κ2) is 4.32. The van der Waals surface area contributed by atoms with Crippen molar-refractivity contribution in [2.45, 2.75) is 6.42 Å². The fourth-order valence-corrected chi connectivity index (χ4v) is 1.58. The summed E-state index contributed by atoms with van der Waals surface area (Å²) in [5, 5.41) is 10.3. The highest BCUT2D eigenvalue weighted by Crippen LogP contribution is 2.23. The van der Waals surface area contributed by atoms with Gasteiger partial charge in [0.25, 0.3) is 0 Å². The van der Waals surface area contributed by atoms with E-state index < -0.39 is 0 Å². The summed E-state index contributed by atoms with van der Waals surface area (Å²) in [6, 6.07) is 8.97. The minimum absolute atomic E-state index is 0.289. The molecule has 0 unspecified atom stereocenters. The summed E-state index contributed by atoms with van der Waals surface area (Å²) < 4.78 is 0. The Morgan fingerprint density at radius 1 is 1.13 bits per heavy atom. The monoisotopic (exact) mass is 219 g/mol. The molecule has 76 valence electrons. The molecule has 15 heavy (non-hydrogen) atoms. The zero-order chi connectivity index (χ0) is 10.7. The molecule has 0 radical (unpaired) electrons. The molecule has 0 spiro atoms. The first-order valence-corrected chi connectivity index (χ1v) is 5.00. The van der Waals surface area contributed by atoms with Crippen LogP contribution in [-0.2, 0) is 6.42 Å². The predicted octanol–water partition coefficient (Wildman–Crippen LogP) is 3.03. The zero-order valence-corrected chi connectivity index (χ0v) is 8.78. The first kappa shape index (κ1) is 9.99. The maximum absolute atomic E-state index is 9.60. The summed E-state index contributed by atoms with van der Waals surface area (Å²) in [5.74, 6) is 0.289. The van der Waals surface area contributed by atoms with Crippen molar-refractivity contribution in [3.63, 3.8) is 0 Å². The van der Waals surface area contributed by atoms with Crippen molar-refractivity contribution in [1.82, 2.24) is 4.98 Å². The van der Waals surface area contributed by atoms with Gasteiger partial charge in [-0.05, 0) is 23.3 Å². The standard InChI is InChI=1S/C12H10ClNO/c13-11-5-6-14-8-10(11)7-9-3-1-2-4-12(9)15/h1-6,8,15H,7H2. The van der Waals surface area contributed by atoms with Crippen molar-refractivity contribution >= 4 is 11.6 Å². The van der Waals surface area contributed by atoms with Crippen LogP contribution in [0.4, 0.5) is 0 Å². The lowest BCUT2D eigenvalue weighted by Gasteiger charge is -2.05. The van der Waals surface area contributed by atoms with Gasteiger partial charge in [-0.25, -0.2) is 0 Å². The minimum Gasteiger partial charge on any atom is -0.508 e. The Bertz CT molecular complexity index is 427. The molecule has 2 aromatic rings. The van der Waals surface area contributed by atoms with Crippen LogP contribution in [-0.4, -0.2) is 10.1 Å². The molecule has 2 rings (SSSR count). The molecule has 1 heterocycles. The van der Waals surface area contributed by atoms with E-state index in [0.717, 1.165) is 11.1 Å². The number of hydrogen-bond acceptors (Lipinski definition) is 2. The first-order chi connectivity index (χ1) is 7.27. The molecule has 1 aromatic carbocycles. The second-order valence-electron chi connectivity index (χ2n) is 3.27. The molecule has 0 bridgehead atoms. The van der Waals surface area contributed by atoms with E-state index in [1.807, 2.05) is 12.1 Å². The summed E-state index contributed by atoms with van der Waals surface area (Å²) in [7, 11) is 0. The second-order valence-corrected chi connectivity index (χ2v) is 3.68. The average molecular weight is 220 g/mol. The normalized spacial score (nSPS) is 10.2. The third-order valence-electron chi connectivity index (χ3n) is 2.22. The number of pyridine rings is 1. The van der Waals surface area contributed by atoms with Gasteiger partial charge in [-0.2, -0.15) is 0 Å². The van der Waals surface area contributed by atoms with E-state index >= 15 is 0 Å². The van der Waals surface area contributed by atoms with Gasteiger partial charge in [-0.15, -0.1) is 0 Å². The summed E-state index contributed by atoms with van der Waals surface area (Å²) >= 11 is 6.00. The number of aromatic nitrogens is 1. The third-order valence-corrected chi connectivity index (χ3v) is 2.59. The van der Waals surface area contributed by atoms with Crippen molar-refractivity contribution in [2.75, 3.05) is 0 Å². The number of para-hydroxylation sites is 1. The zero-order valence-electron chi connectivity index (χ0n) is 8.02. The number of rotatable bonds is 2. The highest BCUT2D eigenvalue weighted by molar-refractivity contribution is 6.31. The Morgan fingerprint density at radius 3 is 2.67 bits per heavy atom. The van der Waals surface area contributed by atoms with Crippen LogP contribution < -0.4 is 0 Å². The highest BCUT2D eigenvalue weighted by Gasteiger charge is 2.04. The largest absolute Gasteiger partial charge is 0.508 e. The van der Waals surface area contributed by atoms with Gasteiger partial charge >= 0.3 is 0 Å². The van der Waals surface area contributed by atoms with Crippen molar-refractivity contribution in [2.24, 2.45) is 0 Å². The molecule has 0 aliphatic heterocycles. The maximum Gasteiger partial charge on any atom is 0.119 e. The van der Waals surface area contributed by atoms with Crippen LogP contribution in [0.5, 0.6) is 5.75 Å². The van der Waals surface area contributed by atoms with Gasteiger partial charge in [0.1, 0.15) is 5.75 Å². The molecular weight excluding hydrogens is 210 g/mol. The number of hydrogen-bond donors (Lipinski definition) is 1. The molecule has 3 heteroatoms. The molecule has 0 saturated heterocycles. The number of aromatic hydroxyl groups is 1. The number of nitrogens with zero attached hydrogens (tertiary/aromatic N) is 1. The lowest BCUT2D eigenvalue weighted by atomic mass is 10.1. The Balaban J connectivity index is 2.30. The molecule has 1 aromatic heterocycles. The van der Waals surface area contributed by atoms with E-state index in [2.05, 4.69) is 4.98 Å². The van der Waals surface area contributed by atoms with Gasteiger partial charge in [0, 0.05) is 23.8 Å². The SMILES string of the molecule is Oc1ccccc1Cc1cnccc1Cl. The summed E-state index contributed by atoms with van der Waals surface area (Å²) in [6.07, 6.45) is 3.96. The van der Waals surface area contributed by atoms with Gasteiger partial charge in [-0.1, -0.05) is 29.8 Å². The third kappa shape index (κ3) is 2.28. The Labute approximate surface area is 93.2 Å². The minimum atomic E-state index is 0.289. The van der Waals surface area contributed by atoms with Crippen LogP contribution in [0.25, 0.3) is 0 Å². The predicted molar refractivity (Wildman–Crippen MR) is 60.2 cm³/mol. The Morgan fingerprint density at radius 2 is 1.93 bits per heavy atom. The van der Waals surface area contributed by atoms with E-state index in [9.17, 15) is 5.11 Å². The van der Waals surface area contributed by atoms with Crippen LogP contribution in [0, 0.1) is 0 Å². The van der Waals surface area contributed by atoms with E-state index in [-0.39, 0.29) is 5.75 Å². The Hall–Kier alpha value is -1.54. The van der Waals surface area contributed by atoms with Crippen molar-refractivity contribution in [1.29, 1.82) is 0 Å². The van der Waals surface area contributed by atoms with Gasteiger partial charge in [-0.3, -0.25) is 4.98 Å². The quantitative estimate of drug-likeness (QED) is 0.842. The van der Waals surface area contributed by atoms with Crippen molar-refractivity contribution in [3.8, 4) is 5.75 Å². The number of phenolic OH excluding ortho intramolecular Hbond substituents is 1. The summed E-state index contributed by atoms with van der Waals surface area (Å²) in [5.41, 5.74) is 1.77. The summed E-state index contributed by atoms with van der Waals surface area (Å²) in [4.78, 5) is 4.01. The molecular formula is C12H10ClNO. The van der Waals surface area contributed by atoms with Gasteiger partial charge in [0.2, 0.25) is 0 Å². The van der Waals surface area contributed by atoms with Crippen LogP contribution in [0.2, 0.25) is 5.02 Å². The molecule has 2 nitrogen and oxygen atoms in total. The van der Waals surface area contributed by atoms with Gasteiger partial charge in [0.05, 0.1) is 0 Å². The fourth-order valence-electron chi connectivity index (χ4n) is 1.41. The molecule has 0 amide bonds. The van der Waals surface area contributed by atoms with Crippen molar-refractivity contribution < 1.29 is 5.11 Å².